The first-order valence-electron chi connectivity index (χ1n) is 6.78. The van der Waals surface area contributed by atoms with Crippen LogP contribution in [0.1, 0.15) is 22.5 Å². The maximum atomic E-state index is 13.2. The van der Waals surface area contributed by atoms with Gasteiger partial charge in [-0.1, -0.05) is 23.2 Å². The van der Waals surface area contributed by atoms with Crippen LogP contribution in [0.5, 0.6) is 0 Å². The van der Waals surface area contributed by atoms with Crippen LogP contribution in [-0.4, -0.2) is 10.8 Å². The third-order valence-electron chi connectivity index (χ3n) is 3.45. The first-order chi connectivity index (χ1) is 10.5. The fourth-order valence-corrected chi connectivity index (χ4v) is 2.97. The molecule has 22 heavy (non-hydrogen) atoms. The molecule has 5 heteroatoms. The molecule has 112 valence electrons. The Labute approximate surface area is 136 Å². The van der Waals surface area contributed by atoms with E-state index in [1.807, 2.05) is 0 Å². The van der Waals surface area contributed by atoms with E-state index in [2.05, 4.69) is 4.98 Å². The molecule has 0 fully saturated rings. The van der Waals surface area contributed by atoms with Gasteiger partial charge in [0.1, 0.15) is 5.82 Å². The lowest BCUT2D eigenvalue weighted by Gasteiger charge is -2.02. The Bertz CT molecular complexity index is 837. The Morgan fingerprint density at radius 2 is 1.77 bits per heavy atom. The lowest BCUT2D eigenvalue weighted by Crippen LogP contribution is -2.01. The summed E-state index contributed by atoms with van der Waals surface area (Å²) in [4.78, 5) is 15.3. The number of aromatic nitrogens is 1. The van der Waals surface area contributed by atoms with E-state index in [4.69, 9.17) is 23.2 Å². The van der Waals surface area contributed by atoms with Crippen molar-refractivity contribution < 1.29 is 9.18 Å². The molecule has 2 aromatic carbocycles. The lowest BCUT2D eigenvalue weighted by molar-refractivity contribution is 0.0979. The number of carbonyl (C=O) groups is 1. The molecule has 0 aliphatic rings. The minimum absolute atomic E-state index is 0.0345. The molecular formula is C17H12Cl2FNO. The highest BCUT2D eigenvalue weighted by Gasteiger charge is 2.11. The first kappa shape index (κ1) is 15.1. The van der Waals surface area contributed by atoms with Crippen molar-refractivity contribution in [2.75, 3.05) is 0 Å². The molecule has 3 aromatic rings. The second kappa shape index (κ2) is 6.11. The highest BCUT2D eigenvalue weighted by atomic mass is 35.5. The molecule has 0 amide bonds. The minimum atomic E-state index is -0.320. The Kier molecular flexibility index (Phi) is 4.19. The number of halogens is 3. The van der Waals surface area contributed by atoms with Crippen LogP contribution >= 0.6 is 23.2 Å². The maximum absolute atomic E-state index is 13.2. The van der Waals surface area contributed by atoms with E-state index in [1.165, 1.54) is 12.1 Å². The molecule has 1 heterocycles. The molecule has 0 aliphatic carbocycles. The van der Waals surface area contributed by atoms with Gasteiger partial charge in [-0.15, -0.1) is 0 Å². The highest BCUT2D eigenvalue weighted by molar-refractivity contribution is 6.34. The van der Waals surface area contributed by atoms with E-state index in [9.17, 15) is 9.18 Å². The zero-order valence-corrected chi connectivity index (χ0v) is 13.0. The van der Waals surface area contributed by atoms with Crippen LogP contribution < -0.4 is 0 Å². The van der Waals surface area contributed by atoms with E-state index >= 15 is 0 Å². The van der Waals surface area contributed by atoms with Gasteiger partial charge >= 0.3 is 0 Å². The molecule has 1 aromatic heterocycles. The largest absolute Gasteiger partial charge is 0.352 e. The molecule has 0 atom stereocenters. The van der Waals surface area contributed by atoms with Crippen LogP contribution in [0.2, 0.25) is 10.0 Å². The third-order valence-corrected chi connectivity index (χ3v) is 3.88. The smallest absolute Gasteiger partial charge is 0.179 e. The number of nitrogens with one attached hydrogen (secondary N) is 1. The molecule has 1 N–H and O–H groups in total. The number of hydrogen-bond acceptors (Lipinski definition) is 1. The Morgan fingerprint density at radius 1 is 1.05 bits per heavy atom. The SMILES string of the molecule is O=C(CCc1cc(Cl)cc(Cl)c1)c1cc2cc(F)ccc2[nH]1. The first-order valence-corrected chi connectivity index (χ1v) is 7.53. The van der Waals surface area contributed by atoms with Gasteiger partial charge < -0.3 is 4.98 Å². The summed E-state index contributed by atoms with van der Waals surface area (Å²) in [5.74, 6) is -0.355. The van der Waals surface area contributed by atoms with Gasteiger partial charge in [0.05, 0.1) is 5.69 Å². The van der Waals surface area contributed by atoms with Crippen molar-refractivity contribution in [2.24, 2.45) is 0 Å². The quantitative estimate of drug-likeness (QED) is 0.633. The average molecular weight is 336 g/mol. The second-order valence-corrected chi connectivity index (χ2v) is 5.99. The Hall–Kier alpha value is -1.84. The number of hydrogen-bond donors (Lipinski definition) is 1. The highest BCUT2D eigenvalue weighted by Crippen LogP contribution is 2.21. The zero-order chi connectivity index (χ0) is 15.7. The van der Waals surface area contributed by atoms with E-state index in [1.54, 1.807) is 30.3 Å². The van der Waals surface area contributed by atoms with Crippen LogP contribution in [0, 0.1) is 5.82 Å². The van der Waals surface area contributed by atoms with Crippen LogP contribution in [0.4, 0.5) is 4.39 Å². The molecule has 0 spiro atoms. The van der Waals surface area contributed by atoms with Crippen molar-refractivity contribution >= 4 is 39.9 Å². The van der Waals surface area contributed by atoms with E-state index in [-0.39, 0.29) is 11.6 Å². The summed E-state index contributed by atoms with van der Waals surface area (Å²) in [5, 5.41) is 1.79. The fourth-order valence-electron chi connectivity index (χ4n) is 2.40. The van der Waals surface area contributed by atoms with Crippen LogP contribution in [-0.2, 0) is 6.42 Å². The Balaban J connectivity index is 1.75. The number of fused-ring (bicyclic) bond motifs is 1. The van der Waals surface area contributed by atoms with Crippen LogP contribution in [0.25, 0.3) is 10.9 Å². The molecule has 0 radical (unpaired) electrons. The number of Topliss-reactive ketones (excluding diaryl/α,β-unsaturated/α-hetero) is 1. The van der Waals surface area contributed by atoms with Crippen LogP contribution in [0.3, 0.4) is 0 Å². The summed E-state index contributed by atoms with van der Waals surface area (Å²) in [6, 6.07) is 11.3. The molecule has 2 nitrogen and oxygen atoms in total. The van der Waals surface area contributed by atoms with Gasteiger partial charge in [-0.3, -0.25) is 4.79 Å². The van der Waals surface area contributed by atoms with Crippen molar-refractivity contribution in [2.45, 2.75) is 12.8 Å². The molecule has 0 bridgehead atoms. The number of ketones is 1. The summed E-state index contributed by atoms with van der Waals surface area (Å²) in [5.41, 5.74) is 2.14. The summed E-state index contributed by atoms with van der Waals surface area (Å²) >= 11 is 11.9. The van der Waals surface area contributed by atoms with E-state index < -0.39 is 0 Å². The number of benzene rings is 2. The van der Waals surface area contributed by atoms with Crippen molar-refractivity contribution in [3.8, 4) is 0 Å². The summed E-state index contributed by atoms with van der Waals surface area (Å²) < 4.78 is 13.2. The molecular weight excluding hydrogens is 324 g/mol. The second-order valence-electron chi connectivity index (χ2n) is 5.12. The predicted octanol–water partition coefficient (Wildman–Crippen LogP) is 5.43. The number of rotatable bonds is 4. The van der Waals surface area contributed by atoms with Gasteiger partial charge in [-0.05, 0) is 54.4 Å². The summed E-state index contributed by atoms with van der Waals surface area (Å²) in [6.45, 7) is 0. The lowest BCUT2D eigenvalue weighted by atomic mass is 10.1. The van der Waals surface area contributed by atoms with Gasteiger partial charge in [0.25, 0.3) is 0 Å². The van der Waals surface area contributed by atoms with E-state index in [0.29, 0.717) is 34.0 Å². The van der Waals surface area contributed by atoms with Crippen LogP contribution in [0.15, 0.2) is 42.5 Å². The third kappa shape index (κ3) is 3.32. The monoisotopic (exact) mass is 335 g/mol. The maximum Gasteiger partial charge on any atom is 0.179 e. The topological polar surface area (TPSA) is 32.9 Å². The van der Waals surface area contributed by atoms with Gasteiger partial charge in [-0.2, -0.15) is 0 Å². The standard InChI is InChI=1S/C17H12Cl2FNO/c18-12-5-10(6-13(19)9-12)1-4-17(22)16-8-11-7-14(20)2-3-15(11)21-16/h2-3,5-9,21H,1,4H2. The van der Waals surface area contributed by atoms with E-state index in [0.717, 1.165) is 11.1 Å². The molecule has 0 saturated carbocycles. The normalized spacial score (nSPS) is 11.0. The fraction of sp³-hybridized carbons (Fsp3) is 0.118. The molecule has 0 unspecified atom stereocenters. The van der Waals surface area contributed by atoms with Gasteiger partial charge in [-0.25, -0.2) is 4.39 Å². The zero-order valence-electron chi connectivity index (χ0n) is 11.5. The number of carbonyl (C=O) groups excluding carboxylic acids is 1. The van der Waals surface area contributed by atoms with Crippen molar-refractivity contribution in [3.05, 3.63) is 69.6 Å². The summed E-state index contributed by atoms with van der Waals surface area (Å²) in [7, 11) is 0. The molecule has 3 rings (SSSR count). The van der Waals surface area contributed by atoms with Crippen molar-refractivity contribution in [1.29, 1.82) is 0 Å². The minimum Gasteiger partial charge on any atom is -0.352 e. The number of H-pyrrole nitrogens is 1. The number of aryl methyl sites for hydroxylation is 1. The average Bonchev–Trinajstić information content (AvgIpc) is 2.86. The van der Waals surface area contributed by atoms with Gasteiger partial charge in [0.2, 0.25) is 0 Å². The van der Waals surface area contributed by atoms with Gasteiger partial charge in [0, 0.05) is 27.4 Å². The van der Waals surface area contributed by atoms with Gasteiger partial charge in [0.15, 0.2) is 5.78 Å². The summed E-state index contributed by atoms with van der Waals surface area (Å²) in [6.07, 6.45) is 0.870. The number of aromatic amines is 1. The van der Waals surface area contributed by atoms with Crippen molar-refractivity contribution in [1.82, 2.24) is 4.98 Å². The van der Waals surface area contributed by atoms with Crippen molar-refractivity contribution in [3.63, 3.8) is 0 Å². The Morgan fingerprint density at radius 3 is 2.50 bits per heavy atom. The molecule has 0 aliphatic heterocycles. The molecule has 0 saturated heterocycles. The predicted molar refractivity (Wildman–Crippen MR) is 87.4 cm³/mol.